The zero-order valence-electron chi connectivity index (χ0n) is 17.0. The van der Waals surface area contributed by atoms with Crippen molar-refractivity contribution in [3.05, 3.63) is 0 Å². The van der Waals surface area contributed by atoms with Gasteiger partial charge in [0.05, 0.1) is 18.8 Å². The fourth-order valence-corrected chi connectivity index (χ4v) is 2.30. The summed E-state index contributed by atoms with van der Waals surface area (Å²) in [7, 11) is 0. The highest BCUT2D eigenvalue weighted by Gasteiger charge is 2.33. The van der Waals surface area contributed by atoms with Crippen LogP contribution in [0.1, 0.15) is 34.1 Å². The van der Waals surface area contributed by atoms with Crippen LogP contribution in [0.5, 0.6) is 0 Å². The average molecular weight is 420 g/mol. The highest BCUT2D eigenvalue weighted by molar-refractivity contribution is 5.94. The minimum atomic E-state index is -1.55. The summed E-state index contributed by atoms with van der Waals surface area (Å²) < 4.78 is 0. The summed E-state index contributed by atoms with van der Waals surface area (Å²) in [6, 6.07) is -5.53. The first-order valence-electron chi connectivity index (χ1n) is 9.18. The van der Waals surface area contributed by atoms with Gasteiger partial charge >= 0.3 is 5.97 Å². The molecule has 0 saturated carbocycles. The lowest BCUT2D eigenvalue weighted by Crippen LogP contribution is -2.61. The van der Waals surface area contributed by atoms with E-state index >= 15 is 0 Å². The van der Waals surface area contributed by atoms with Gasteiger partial charge in [-0.05, 0) is 26.2 Å². The van der Waals surface area contributed by atoms with Gasteiger partial charge in [-0.25, -0.2) is 4.79 Å². The Hall–Kier alpha value is -2.28. The summed E-state index contributed by atoms with van der Waals surface area (Å²) in [4.78, 5) is 48.0. The van der Waals surface area contributed by atoms with Gasteiger partial charge in [-0.15, -0.1) is 0 Å². The van der Waals surface area contributed by atoms with Gasteiger partial charge in [-0.3, -0.25) is 14.4 Å². The van der Waals surface area contributed by atoms with Crippen LogP contribution in [-0.4, -0.2) is 87.1 Å². The summed E-state index contributed by atoms with van der Waals surface area (Å²) >= 11 is 0. The van der Waals surface area contributed by atoms with Crippen LogP contribution in [0, 0.1) is 5.92 Å². The van der Waals surface area contributed by atoms with Crippen LogP contribution in [-0.2, 0) is 19.2 Å². The van der Waals surface area contributed by atoms with E-state index in [2.05, 4.69) is 16.0 Å². The minimum absolute atomic E-state index is 0.0771. The Bertz CT molecular complexity index is 582. The number of aliphatic hydroxyl groups is 3. The number of aliphatic carboxylic acids is 1. The first-order chi connectivity index (χ1) is 13.3. The van der Waals surface area contributed by atoms with Crippen LogP contribution in [0.25, 0.3) is 0 Å². The van der Waals surface area contributed by atoms with Crippen molar-refractivity contribution in [2.75, 3.05) is 6.61 Å². The Morgan fingerprint density at radius 3 is 1.72 bits per heavy atom. The van der Waals surface area contributed by atoms with Gasteiger partial charge < -0.3 is 42.1 Å². The number of nitrogens with two attached hydrogens (primary N) is 1. The van der Waals surface area contributed by atoms with Crippen molar-refractivity contribution in [1.29, 1.82) is 0 Å². The average Bonchev–Trinajstić information content (AvgIpc) is 2.61. The molecule has 0 saturated heterocycles. The number of hydrogen-bond acceptors (Lipinski definition) is 8. The van der Waals surface area contributed by atoms with E-state index in [0.717, 1.165) is 0 Å². The third kappa shape index (κ3) is 9.17. The molecule has 0 aliphatic carbocycles. The van der Waals surface area contributed by atoms with Gasteiger partial charge in [0, 0.05) is 0 Å². The molecule has 29 heavy (non-hydrogen) atoms. The van der Waals surface area contributed by atoms with E-state index in [4.69, 9.17) is 15.9 Å². The lowest BCUT2D eigenvalue weighted by Gasteiger charge is -2.27. The van der Waals surface area contributed by atoms with E-state index in [1.165, 1.54) is 13.8 Å². The highest BCUT2D eigenvalue weighted by Crippen LogP contribution is 2.07. The molecule has 0 fully saturated rings. The van der Waals surface area contributed by atoms with Crippen LogP contribution in [0.3, 0.4) is 0 Å². The molecule has 0 aromatic rings. The predicted molar refractivity (Wildman–Crippen MR) is 101 cm³/mol. The number of rotatable bonds is 12. The number of carboxylic acids is 1. The van der Waals surface area contributed by atoms with Crippen LogP contribution >= 0.6 is 0 Å². The number of carbonyl (C=O) groups is 4. The standard InChI is InChI=1S/C17H32N4O8/c1-7(2)5-10(14(25)20-11(6-22)17(28)29)19-16(27)13(9(4)24)21-15(26)12(18)8(3)23/h7-13,22-24H,5-6,18H2,1-4H3,(H,19,27)(H,20,25)(H,21,26)(H,28,29). The van der Waals surface area contributed by atoms with Crippen molar-refractivity contribution in [3.63, 3.8) is 0 Å². The lowest BCUT2D eigenvalue weighted by atomic mass is 10.0. The Labute approximate surface area is 168 Å². The molecule has 0 aliphatic rings. The molecule has 0 radical (unpaired) electrons. The zero-order chi connectivity index (χ0) is 22.9. The van der Waals surface area contributed by atoms with E-state index in [1.54, 1.807) is 13.8 Å². The van der Waals surface area contributed by atoms with Crippen molar-refractivity contribution >= 4 is 23.7 Å². The number of hydrogen-bond donors (Lipinski definition) is 8. The summed E-state index contributed by atoms with van der Waals surface area (Å²) in [5, 5.41) is 43.9. The van der Waals surface area contributed by atoms with Crippen molar-refractivity contribution in [2.45, 2.75) is 70.5 Å². The molecule has 12 heteroatoms. The smallest absolute Gasteiger partial charge is 0.328 e. The summed E-state index contributed by atoms with van der Waals surface area (Å²) in [5.41, 5.74) is 5.50. The molecular weight excluding hydrogens is 388 g/mol. The molecule has 0 rings (SSSR count). The first-order valence-corrected chi connectivity index (χ1v) is 9.18. The van der Waals surface area contributed by atoms with Gasteiger partial charge in [-0.2, -0.15) is 0 Å². The quantitative estimate of drug-likeness (QED) is 0.158. The van der Waals surface area contributed by atoms with Crippen LogP contribution in [0.15, 0.2) is 0 Å². The number of aliphatic hydroxyl groups excluding tert-OH is 3. The molecule has 3 amide bonds. The maximum Gasteiger partial charge on any atom is 0.328 e. The maximum atomic E-state index is 12.6. The third-order valence-corrected chi connectivity index (χ3v) is 4.02. The molecule has 0 bridgehead atoms. The van der Waals surface area contributed by atoms with E-state index < -0.39 is 66.7 Å². The second kappa shape index (κ2) is 12.3. The molecule has 6 atom stereocenters. The Morgan fingerprint density at radius 1 is 0.828 bits per heavy atom. The Balaban J connectivity index is 5.36. The molecule has 168 valence electrons. The Kier molecular flexibility index (Phi) is 11.3. The molecule has 0 aromatic carbocycles. The fraction of sp³-hybridized carbons (Fsp3) is 0.765. The number of carbonyl (C=O) groups excluding carboxylic acids is 3. The van der Waals surface area contributed by atoms with Crippen LogP contribution < -0.4 is 21.7 Å². The normalized spacial score (nSPS) is 17.4. The van der Waals surface area contributed by atoms with Crippen LogP contribution in [0.4, 0.5) is 0 Å². The van der Waals surface area contributed by atoms with Gasteiger partial charge in [0.15, 0.2) is 0 Å². The maximum absolute atomic E-state index is 12.6. The monoisotopic (exact) mass is 420 g/mol. The predicted octanol–water partition coefficient (Wildman–Crippen LogP) is -3.35. The van der Waals surface area contributed by atoms with Crippen molar-refractivity contribution < 1.29 is 39.6 Å². The largest absolute Gasteiger partial charge is 0.480 e. The summed E-state index contributed by atoms with van der Waals surface area (Å²) in [6.07, 6.45) is -2.42. The van der Waals surface area contributed by atoms with Gasteiger partial charge in [0.25, 0.3) is 0 Å². The number of amides is 3. The molecule has 0 heterocycles. The lowest BCUT2D eigenvalue weighted by molar-refractivity contribution is -0.143. The van der Waals surface area contributed by atoms with Gasteiger partial charge in [-0.1, -0.05) is 13.8 Å². The van der Waals surface area contributed by atoms with E-state index in [0.29, 0.717) is 0 Å². The first kappa shape index (κ1) is 26.7. The zero-order valence-corrected chi connectivity index (χ0v) is 17.0. The number of nitrogens with one attached hydrogen (secondary N) is 3. The highest BCUT2D eigenvalue weighted by atomic mass is 16.4. The molecule has 6 unspecified atom stereocenters. The van der Waals surface area contributed by atoms with Crippen molar-refractivity contribution in [2.24, 2.45) is 11.7 Å². The fourth-order valence-electron chi connectivity index (χ4n) is 2.30. The van der Waals surface area contributed by atoms with Crippen molar-refractivity contribution in [3.8, 4) is 0 Å². The summed E-state index contributed by atoms with van der Waals surface area (Å²) in [6.45, 7) is 5.21. The SMILES string of the molecule is CC(C)CC(NC(=O)C(NC(=O)C(N)C(C)O)C(C)O)C(=O)NC(CO)C(=O)O. The minimum Gasteiger partial charge on any atom is -0.480 e. The van der Waals surface area contributed by atoms with E-state index in [9.17, 15) is 29.4 Å². The summed E-state index contributed by atoms with van der Waals surface area (Å²) in [5.74, 6) is -4.15. The van der Waals surface area contributed by atoms with Crippen LogP contribution in [0.2, 0.25) is 0 Å². The topological polar surface area (TPSA) is 211 Å². The van der Waals surface area contributed by atoms with E-state index in [-0.39, 0.29) is 12.3 Å². The molecule has 9 N–H and O–H groups in total. The van der Waals surface area contributed by atoms with Crippen molar-refractivity contribution in [1.82, 2.24) is 16.0 Å². The molecule has 0 aliphatic heterocycles. The third-order valence-electron chi connectivity index (χ3n) is 4.02. The van der Waals surface area contributed by atoms with E-state index in [1.807, 2.05) is 0 Å². The molecule has 0 aromatic heterocycles. The Morgan fingerprint density at radius 2 is 1.34 bits per heavy atom. The second-order valence-corrected chi connectivity index (χ2v) is 7.27. The van der Waals surface area contributed by atoms with Gasteiger partial charge in [0.1, 0.15) is 24.2 Å². The number of carboxylic acid groups (broad SMARTS) is 1. The molecular formula is C17H32N4O8. The van der Waals surface area contributed by atoms with Gasteiger partial charge in [0.2, 0.25) is 17.7 Å². The molecule has 0 spiro atoms. The molecule has 12 nitrogen and oxygen atoms in total. The second-order valence-electron chi connectivity index (χ2n) is 7.27.